The van der Waals surface area contributed by atoms with Crippen LogP contribution in [0.2, 0.25) is 0 Å². The summed E-state index contributed by atoms with van der Waals surface area (Å²) in [4.78, 5) is 9.40. The molecule has 0 aliphatic carbocycles. The first-order valence-electron chi connectivity index (χ1n) is 10.5. The molecule has 4 heterocycles. The van der Waals surface area contributed by atoms with E-state index in [9.17, 15) is 0 Å². The van der Waals surface area contributed by atoms with Crippen LogP contribution in [0.1, 0.15) is 24.4 Å². The van der Waals surface area contributed by atoms with Crippen molar-refractivity contribution in [1.29, 1.82) is 0 Å². The van der Waals surface area contributed by atoms with Crippen molar-refractivity contribution in [2.75, 3.05) is 26.2 Å². The van der Waals surface area contributed by atoms with Crippen LogP contribution in [0.4, 0.5) is 0 Å². The number of nitrogens with zero attached hydrogens (tertiary/aromatic N) is 7. The van der Waals surface area contributed by atoms with Crippen molar-refractivity contribution < 1.29 is 4.52 Å². The molecule has 0 N–H and O–H groups in total. The first kappa shape index (κ1) is 20.0. The van der Waals surface area contributed by atoms with Crippen LogP contribution in [0.25, 0.3) is 17.0 Å². The van der Waals surface area contributed by atoms with E-state index in [1.807, 2.05) is 45.6 Å². The van der Waals surface area contributed by atoms with E-state index in [1.54, 1.807) is 0 Å². The number of aromatic nitrogens is 5. The molecule has 1 aliphatic rings. The highest BCUT2D eigenvalue weighted by molar-refractivity contribution is 7.71. The van der Waals surface area contributed by atoms with Gasteiger partial charge in [-0.1, -0.05) is 41.1 Å². The molecule has 0 radical (unpaired) electrons. The summed E-state index contributed by atoms with van der Waals surface area (Å²) >= 11 is 5.57. The Morgan fingerprint density at radius 1 is 1.06 bits per heavy atom. The van der Waals surface area contributed by atoms with Crippen molar-refractivity contribution in [3.63, 3.8) is 0 Å². The van der Waals surface area contributed by atoms with Crippen molar-refractivity contribution in [3.05, 3.63) is 64.9 Å². The summed E-state index contributed by atoms with van der Waals surface area (Å²) in [6, 6.07) is 14.2. The van der Waals surface area contributed by atoms with E-state index in [0.29, 0.717) is 18.4 Å². The van der Waals surface area contributed by atoms with Crippen LogP contribution in [0.3, 0.4) is 0 Å². The number of hydrogen-bond acceptors (Lipinski definition) is 7. The standard InChI is InChI=1S/C22H25N7OS/c1-16-6-8-18(9-7-16)20-23-21(30-25-20)17(2)27-13-11-26(12-14-27)15-29-22(31)28-10-4-3-5-19(28)24-29/h3-10,17H,11-15H2,1-2H3/t17-/m0/s1. The van der Waals surface area contributed by atoms with E-state index in [-0.39, 0.29) is 6.04 Å². The molecule has 0 amide bonds. The number of piperazine rings is 1. The maximum atomic E-state index is 5.59. The predicted octanol–water partition coefficient (Wildman–Crippen LogP) is 3.56. The van der Waals surface area contributed by atoms with E-state index in [1.165, 1.54) is 5.56 Å². The lowest BCUT2D eigenvalue weighted by Gasteiger charge is -2.36. The third kappa shape index (κ3) is 4.04. The van der Waals surface area contributed by atoms with Gasteiger partial charge in [0.15, 0.2) is 5.65 Å². The largest absolute Gasteiger partial charge is 0.337 e. The van der Waals surface area contributed by atoms with Gasteiger partial charge in [-0.05, 0) is 38.2 Å². The summed E-state index contributed by atoms with van der Waals surface area (Å²) in [5.41, 5.74) is 3.06. The smallest absolute Gasteiger partial charge is 0.244 e. The summed E-state index contributed by atoms with van der Waals surface area (Å²) in [5, 5.41) is 8.82. The molecule has 4 aromatic rings. The molecule has 1 saturated heterocycles. The van der Waals surface area contributed by atoms with Gasteiger partial charge in [0.25, 0.3) is 0 Å². The number of benzene rings is 1. The van der Waals surface area contributed by atoms with Gasteiger partial charge in [0.2, 0.25) is 16.5 Å². The van der Waals surface area contributed by atoms with Gasteiger partial charge in [-0.15, -0.1) is 0 Å². The SMILES string of the molecule is Cc1ccc(-c2noc([C@H](C)N3CCN(Cn4nc5ccccn5c4=S)CC3)n2)cc1. The average molecular weight is 436 g/mol. The third-order valence-corrected chi connectivity index (χ3v) is 6.29. The number of fused-ring (bicyclic) bond motifs is 1. The predicted molar refractivity (Wildman–Crippen MR) is 120 cm³/mol. The molecule has 5 rings (SSSR count). The minimum absolute atomic E-state index is 0.0752. The lowest BCUT2D eigenvalue weighted by molar-refractivity contribution is 0.0685. The lowest BCUT2D eigenvalue weighted by atomic mass is 10.1. The number of hydrogen-bond donors (Lipinski definition) is 0. The van der Waals surface area contributed by atoms with E-state index in [0.717, 1.165) is 42.2 Å². The van der Waals surface area contributed by atoms with Gasteiger partial charge < -0.3 is 4.52 Å². The van der Waals surface area contributed by atoms with E-state index >= 15 is 0 Å². The Hall–Kier alpha value is -2.88. The molecule has 3 aromatic heterocycles. The molecule has 1 fully saturated rings. The van der Waals surface area contributed by atoms with Crippen molar-refractivity contribution in [3.8, 4) is 11.4 Å². The van der Waals surface area contributed by atoms with Gasteiger partial charge in [0.1, 0.15) is 0 Å². The maximum Gasteiger partial charge on any atom is 0.244 e. The average Bonchev–Trinajstić information content (AvgIpc) is 3.40. The molecule has 0 unspecified atom stereocenters. The first-order valence-corrected chi connectivity index (χ1v) is 10.9. The highest BCUT2D eigenvalue weighted by atomic mass is 32.1. The number of pyridine rings is 1. The number of aryl methyl sites for hydroxylation is 1. The molecule has 0 bridgehead atoms. The van der Waals surface area contributed by atoms with Gasteiger partial charge in [0.05, 0.1) is 12.7 Å². The van der Waals surface area contributed by atoms with Crippen molar-refractivity contribution in [1.82, 2.24) is 34.1 Å². The second-order valence-corrected chi connectivity index (χ2v) is 8.37. The quantitative estimate of drug-likeness (QED) is 0.444. The third-order valence-electron chi connectivity index (χ3n) is 5.89. The molecule has 1 aromatic carbocycles. The molecule has 8 nitrogen and oxygen atoms in total. The molecule has 0 spiro atoms. The Balaban J connectivity index is 1.21. The second kappa shape index (κ2) is 8.33. The van der Waals surface area contributed by atoms with Crippen LogP contribution < -0.4 is 0 Å². The van der Waals surface area contributed by atoms with E-state index in [4.69, 9.17) is 16.7 Å². The van der Waals surface area contributed by atoms with Crippen LogP contribution in [0.15, 0.2) is 53.2 Å². The fraction of sp³-hybridized carbons (Fsp3) is 0.364. The Labute approximate surface area is 185 Å². The fourth-order valence-electron chi connectivity index (χ4n) is 3.92. The summed E-state index contributed by atoms with van der Waals surface area (Å²) in [6.07, 6.45) is 1.95. The van der Waals surface area contributed by atoms with Crippen LogP contribution >= 0.6 is 12.2 Å². The normalized spacial score (nSPS) is 16.7. The lowest BCUT2D eigenvalue weighted by Crippen LogP contribution is -2.47. The molecule has 160 valence electrons. The molecule has 9 heteroatoms. The van der Waals surface area contributed by atoms with Gasteiger partial charge in [-0.25, -0.2) is 4.68 Å². The van der Waals surface area contributed by atoms with E-state index < -0.39 is 0 Å². The maximum absolute atomic E-state index is 5.59. The van der Waals surface area contributed by atoms with Gasteiger partial charge in [-0.2, -0.15) is 10.1 Å². The molecular weight excluding hydrogens is 410 g/mol. The van der Waals surface area contributed by atoms with Crippen LogP contribution in [-0.2, 0) is 6.67 Å². The summed E-state index contributed by atoms with van der Waals surface area (Å²) < 4.78 is 10.2. The van der Waals surface area contributed by atoms with Crippen LogP contribution in [0.5, 0.6) is 0 Å². The minimum Gasteiger partial charge on any atom is -0.337 e. The Morgan fingerprint density at radius 2 is 1.84 bits per heavy atom. The zero-order chi connectivity index (χ0) is 21.4. The zero-order valence-electron chi connectivity index (χ0n) is 17.7. The summed E-state index contributed by atoms with van der Waals surface area (Å²) in [5.74, 6) is 1.30. The molecular formula is C22H25N7OS. The van der Waals surface area contributed by atoms with Gasteiger partial charge in [0, 0.05) is 37.9 Å². The van der Waals surface area contributed by atoms with E-state index in [2.05, 4.69) is 51.0 Å². The Morgan fingerprint density at radius 3 is 2.58 bits per heavy atom. The first-order chi connectivity index (χ1) is 15.1. The van der Waals surface area contributed by atoms with Crippen LogP contribution in [0, 0.1) is 11.7 Å². The molecule has 1 atom stereocenters. The minimum atomic E-state index is 0.0752. The second-order valence-electron chi connectivity index (χ2n) is 8.00. The van der Waals surface area contributed by atoms with Gasteiger partial charge in [-0.3, -0.25) is 14.2 Å². The zero-order valence-corrected chi connectivity index (χ0v) is 18.5. The highest BCUT2D eigenvalue weighted by Crippen LogP contribution is 2.24. The number of rotatable bonds is 5. The van der Waals surface area contributed by atoms with Crippen molar-refractivity contribution in [2.45, 2.75) is 26.6 Å². The Kier molecular flexibility index (Phi) is 5.39. The Bertz CT molecular complexity index is 1230. The molecule has 1 aliphatic heterocycles. The summed E-state index contributed by atoms with van der Waals surface area (Å²) in [7, 11) is 0. The highest BCUT2D eigenvalue weighted by Gasteiger charge is 2.26. The fourth-order valence-corrected chi connectivity index (χ4v) is 4.18. The molecule has 31 heavy (non-hydrogen) atoms. The van der Waals surface area contributed by atoms with Crippen molar-refractivity contribution >= 4 is 17.9 Å². The summed E-state index contributed by atoms with van der Waals surface area (Å²) in [6.45, 7) is 8.59. The van der Waals surface area contributed by atoms with Crippen molar-refractivity contribution in [2.24, 2.45) is 0 Å². The monoisotopic (exact) mass is 435 g/mol. The van der Waals surface area contributed by atoms with Gasteiger partial charge >= 0.3 is 0 Å². The topological polar surface area (TPSA) is 67.6 Å². The molecule has 0 saturated carbocycles. The van der Waals surface area contributed by atoms with Crippen LogP contribution in [-0.4, -0.2) is 60.3 Å².